The van der Waals surface area contributed by atoms with Gasteiger partial charge >= 0.3 is 0 Å². The lowest BCUT2D eigenvalue weighted by molar-refractivity contribution is -0.138. The van der Waals surface area contributed by atoms with Crippen molar-refractivity contribution in [1.29, 1.82) is 0 Å². The average Bonchev–Trinajstić information content (AvgIpc) is 3.17. The molecular formula is C46H58N4O7. The lowest BCUT2D eigenvalue weighted by atomic mass is 9.90. The Morgan fingerprint density at radius 1 is 0.719 bits per heavy atom. The van der Waals surface area contributed by atoms with Crippen molar-refractivity contribution in [2.24, 2.45) is 11.3 Å². The van der Waals surface area contributed by atoms with Gasteiger partial charge in [0.05, 0.1) is 6.04 Å². The van der Waals surface area contributed by atoms with E-state index in [-0.39, 0.29) is 30.8 Å². The van der Waals surface area contributed by atoms with Crippen molar-refractivity contribution >= 4 is 23.6 Å². The Morgan fingerprint density at radius 3 is 1.82 bits per heavy atom. The van der Waals surface area contributed by atoms with Gasteiger partial charge in [0.25, 0.3) is 0 Å². The Hall–Kier alpha value is -5.52. The quantitative estimate of drug-likeness (QED) is 0.106. The summed E-state index contributed by atoms with van der Waals surface area (Å²) in [7, 11) is 0. The van der Waals surface area contributed by atoms with Crippen LogP contribution in [-0.4, -0.2) is 58.2 Å². The maximum absolute atomic E-state index is 13.6. The molecule has 6 N–H and O–H groups in total. The molecule has 0 unspecified atom stereocenters. The van der Waals surface area contributed by atoms with Crippen LogP contribution in [0.15, 0.2) is 103 Å². The number of nitrogens with one attached hydrogen (secondary N) is 4. The van der Waals surface area contributed by atoms with Gasteiger partial charge in [-0.2, -0.15) is 0 Å². The first-order valence-corrected chi connectivity index (χ1v) is 19.4. The second-order valence-electron chi connectivity index (χ2n) is 16.1. The third kappa shape index (κ3) is 13.0. The van der Waals surface area contributed by atoms with E-state index in [0.717, 1.165) is 16.7 Å². The molecule has 1 aliphatic heterocycles. The van der Waals surface area contributed by atoms with Crippen LogP contribution in [0.25, 0.3) is 0 Å². The van der Waals surface area contributed by atoms with Gasteiger partial charge in [0.1, 0.15) is 30.1 Å². The monoisotopic (exact) mass is 778 g/mol. The lowest BCUT2D eigenvalue weighted by Gasteiger charge is -2.32. The van der Waals surface area contributed by atoms with Crippen molar-refractivity contribution in [3.63, 3.8) is 0 Å². The zero-order valence-electron chi connectivity index (χ0n) is 34.1. The number of aryl methyl sites for hydroxylation is 2. The van der Waals surface area contributed by atoms with Crippen LogP contribution in [0.3, 0.4) is 0 Å². The zero-order valence-corrected chi connectivity index (χ0v) is 34.1. The van der Waals surface area contributed by atoms with Crippen LogP contribution in [-0.2, 0) is 38.7 Å². The molecule has 4 aromatic rings. The molecule has 0 radical (unpaired) electrons. The number of aliphatic hydroxyl groups excluding tert-OH is 2. The van der Waals surface area contributed by atoms with E-state index < -0.39 is 47.4 Å². The predicted octanol–water partition coefficient (Wildman–Crippen LogP) is 5.38. The first-order valence-electron chi connectivity index (χ1n) is 19.4. The van der Waals surface area contributed by atoms with Crippen molar-refractivity contribution in [3.05, 3.63) is 137 Å². The number of hydrogen-bond acceptors (Lipinski definition) is 7. The predicted molar refractivity (Wildman–Crippen MR) is 221 cm³/mol. The minimum absolute atomic E-state index is 0.0251. The number of ether oxygens (including phenoxy) is 1. The van der Waals surface area contributed by atoms with Crippen molar-refractivity contribution in [2.75, 3.05) is 6.61 Å². The number of hydrogen-bond donors (Lipinski definition) is 6. The van der Waals surface area contributed by atoms with Crippen molar-refractivity contribution < 1.29 is 34.1 Å². The highest BCUT2D eigenvalue weighted by atomic mass is 16.5. The molecule has 0 fully saturated rings. The summed E-state index contributed by atoms with van der Waals surface area (Å²) in [6.45, 7) is 13.8. The maximum atomic E-state index is 13.6. The van der Waals surface area contributed by atoms with E-state index in [1.165, 1.54) is 11.1 Å². The minimum atomic E-state index is -1.56. The van der Waals surface area contributed by atoms with E-state index in [1.54, 1.807) is 32.0 Å². The maximum Gasteiger partial charge on any atom is 0.249 e. The molecule has 0 saturated carbocycles. The summed E-state index contributed by atoms with van der Waals surface area (Å²) in [6, 6.07) is 31.5. The second-order valence-corrected chi connectivity index (χ2v) is 16.1. The minimum Gasteiger partial charge on any atom is -0.490 e. The van der Waals surface area contributed by atoms with Crippen LogP contribution in [0.1, 0.15) is 80.5 Å². The van der Waals surface area contributed by atoms with E-state index in [2.05, 4.69) is 34.3 Å². The van der Waals surface area contributed by atoms with Gasteiger partial charge in [-0.3, -0.25) is 19.2 Å². The molecule has 4 aromatic carbocycles. The number of benzene rings is 4. The average molecular weight is 779 g/mol. The van der Waals surface area contributed by atoms with Gasteiger partial charge in [-0.15, -0.1) is 0 Å². The summed E-state index contributed by atoms with van der Waals surface area (Å²) in [5.74, 6) is -1.71. The molecule has 0 spiro atoms. The standard InChI is InChI=1S/C33H39N3O6.C13H19NO/c1-21-11-7-8-14-23(21)19-34-32(41)33(2,3)36-31(40)26(37)18-24(17-22-12-5-4-6-13-22)30(39)35-29-25-15-9-10-16-28(25)42-20-27(29)38;1-10-7-5-6-8-11(10)9-14-12(15)13(2,3)4/h4-16,24,26-27,29,37-38H,17-20H2,1-3H3,(H,34,41)(H,35,39)(H,36,40);5-8H,9H2,1-4H3,(H,14,15)/t24-,26+,27-,29+;/m1./s1. The van der Waals surface area contributed by atoms with Crippen molar-refractivity contribution in [3.8, 4) is 5.75 Å². The molecule has 4 amide bonds. The SMILES string of the molecule is Cc1ccccc1CNC(=O)C(C)(C)C.Cc1ccccc1CNC(=O)C(C)(C)NC(=O)[C@@H](O)C[C@@H](Cc1ccccc1)C(=O)N[C@H]1c2ccccc2OC[C@H]1O. The molecule has 1 heterocycles. The zero-order chi connectivity index (χ0) is 41.8. The Kier molecular flexibility index (Phi) is 15.6. The Bertz CT molecular complexity index is 1970. The van der Waals surface area contributed by atoms with E-state index in [9.17, 15) is 29.4 Å². The number of para-hydroxylation sites is 1. The number of fused-ring (bicyclic) bond motifs is 1. The molecule has 304 valence electrons. The van der Waals surface area contributed by atoms with Gasteiger partial charge in [0.15, 0.2) is 0 Å². The molecule has 4 atom stereocenters. The topological polar surface area (TPSA) is 166 Å². The highest BCUT2D eigenvalue weighted by molar-refractivity contribution is 5.92. The normalized spacial score (nSPS) is 15.9. The molecule has 0 aromatic heterocycles. The molecule has 5 rings (SSSR count). The molecule has 1 aliphatic rings. The third-order valence-corrected chi connectivity index (χ3v) is 9.94. The second kappa shape index (κ2) is 20.1. The van der Waals surface area contributed by atoms with Crippen molar-refractivity contribution in [2.45, 2.75) is 98.2 Å². The summed E-state index contributed by atoms with van der Waals surface area (Å²) >= 11 is 0. The Balaban J connectivity index is 0.000000403. The lowest BCUT2D eigenvalue weighted by Crippen LogP contribution is -2.57. The smallest absolute Gasteiger partial charge is 0.249 e. The molecule has 11 heteroatoms. The summed E-state index contributed by atoms with van der Waals surface area (Å²) in [6.07, 6.45) is -2.44. The van der Waals surface area contributed by atoms with Crippen LogP contribution < -0.4 is 26.0 Å². The summed E-state index contributed by atoms with van der Waals surface area (Å²) < 4.78 is 5.59. The number of aliphatic hydroxyl groups is 2. The fourth-order valence-electron chi connectivity index (χ4n) is 6.25. The van der Waals surface area contributed by atoms with Crippen LogP contribution in [0.5, 0.6) is 5.75 Å². The van der Waals surface area contributed by atoms with Gasteiger partial charge in [-0.1, -0.05) is 118 Å². The van der Waals surface area contributed by atoms with Crippen LogP contribution in [0.2, 0.25) is 0 Å². The first kappa shape index (κ1) is 44.2. The van der Waals surface area contributed by atoms with Crippen LogP contribution >= 0.6 is 0 Å². The van der Waals surface area contributed by atoms with Gasteiger partial charge in [0, 0.05) is 30.0 Å². The summed E-state index contributed by atoms with van der Waals surface area (Å²) in [5.41, 5.74) is 4.27. The van der Waals surface area contributed by atoms with E-state index in [1.807, 2.05) is 107 Å². The highest BCUT2D eigenvalue weighted by Gasteiger charge is 2.36. The summed E-state index contributed by atoms with van der Waals surface area (Å²) in [4.78, 5) is 51.2. The highest BCUT2D eigenvalue weighted by Crippen LogP contribution is 2.32. The van der Waals surface area contributed by atoms with Gasteiger partial charge in [0.2, 0.25) is 23.6 Å². The fraction of sp³-hybridized carbons (Fsp3) is 0.391. The first-order chi connectivity index (χ1) is 27.0. The molecule has 0 bridgehead atoms. The van der Waals surface area contributed by atoms with Gasteiger partial charge in [-0.25, -0.2) is 0 Å². The number of amides is 4. The molecule has 11 nitrogen and oxygen atoms in total. The Morgan fingerprint density at radius 2 is 1.25 bits per heavy atom. The van der Waals surface area contributed by atoms with E-state index in [0.29, 0.717) is 24.4 Å². The van der Waals surface area contributed by atoms with E-state index >= 15 is 0 Å². The molecule has 57 heavy (non-hydrogen) atoms. The van der Waals surface area contributed by atoms with Gasteiger partial charge < -0.3 is 36.2 Å². The van der Waals surface area contributed by atoms with Crippen molar-refractivity contribution in [1.82, 2.24) is 21.3 Å². The third-order valence-electron chi connectivity index (χ3n) is 9.94. The van der Waals surface area contributed by atoms with Crippen LogP contribution in [0, 0.1) is 25.2 Å². The largest absolute Gasteiger partial charge is 0.490 e. The summed E-state index contributed by atoms with van der Waals surface area (Å²) in [5, 5.41) is 32.9. The Labute approximate surface area is 336 Å². The number of rotatable bonds is 13. The molecule has 0 aliphatic carbocycles. The van der Waals surface area contributed by atoms with Gasteiger partial charge in [-0.05, 0) is 74.4 Å². The molecular weight excluding hydrogens is 721 g/mol. The fourth-order valence-corrected chi connectivity index (χ4v) is 6.25. The number of carbonyl (C=O) groups excluding carboxylic acids is 4. The van der Waals surface area contributed by atoms with Crippen LogP contribution in [0.4, 0.5) is 0 Å². The number of carbonyl (C=O) groups is 4. The molecule has 0 saturated heterocycles. The van der Waals surface area contributed by atoms with E-state index in [4.69, 9.17) is 4.74 Å².